The number of nitrogens with zero attached hydrogens (tertiary/aromatic N) is 4. The molecule has 3 heterocycles. The van der Waals surface area contributed by atoms with Crippen molar-refractivity contribution in [1.82, 2.24) is 14.9 Å². The summed E-state index contributed by atoms with van der Waals surface area (Å²) in [5, 5.41) is 14.0. The van der Waals surface area contributed by atoms with E-state index in [9.17, 15) is 19.6 Å². The molecule has 4 aromatic rings. The number of nitrogens with two attached hydrogens (primary N) is 1. The number of anilines is 1. The van der Waals surface area contributed by atoms with Gasteiger partial charge in [0.25, 0.3) is 11.5 Å². The lowest BCUT2D eigenvalue weighted by Gasteiger charge is -2.33. The van der Waals surface area contributed by atoms with Gasteiger partial charge < -0.3 is 20.7 Å². The van der Waals surface area contributed by atoms with E-state index < -0.39 is 17.9 Å². The molecule has 0 saturated carbocycles. The molecule has 0 aliphatic carbocycles. The first kappa shape index (κ1) is 28.0. The summed E-state index contributed by atoms with van der Waals surface area (Å²) in [6, 6.07) is 17.6. The maximum Gasteiger partial charge on any atom is 0.328 e. The van der Waals surface area contributed by atoms with Gasteiger partial charge in [-0.2, -0.15) is 5.26 Å². The lowest BCUT2D eigenvalue weighted by Crippen LogP contribution is -2.45. The van der Waals surface area contributed by atoms with Crippen LogP contribution in [0.2, 0.25) is 0 Å². The van der Waals surface area contributed by atoms with Crippen LogP contribution in [0.3, 0.4) is 0 Å². The van der Waals surface area contributed by atoms with Gasteiger partial charge in [0, 0.05) is 30.9 Å². The summed E-state index contributed by atoms with van der Waals surface area (Å²) in [5.41, 5.74) is 8.46. The number of piperidine rings is 1. The quantitative estimate of drug-likeness (QED) is 0.308. The predicted molar refractivity (Wildman–Crippen MR) is 157 cm³/mol. The maximum absolute atomic E-state index is 13.9. The summed E-state index contributed by atoms with van der Waals surface area (Å²) in [6.45, 7) is 1.30. The number of carbonyl (C=O) groups is 2. The van der Waals surface area contributed by atoms with Crippen LogP contribution in [0.25, 0.3) is 10.2 Å². The fourth-order valence-electron chi connectivity index (χ4n) is 5.08. The monoisotopic (exact) mass is 570 g/mol. The molecule has 41 heavy (non-hydrogen) atoms. The first-order valence-electron chi connectivity index (χ1n) is 13.3. The minimum atomic E-state index is -0.924. The van der Waals surface area contributed by atoms with E-state index in [0.29, 0.717) is 34.9 Å². The molecule has 2 unspecified atom stereocenters. The number of fused-ring (bicyclic) bond motifs is 1. The van der Waals surface area contributed by atoms with E-state index in [1.807, 2.05) is 47.4 Å². The van der Waals surface area contributed by atoms with Crippen LogP contribution in [-0.4, -0.2) is 53.7 Å². The SMILES string of the molecule is COC(=O)C(Cc1ccccc1)NC(=O)c1csc2c(=O)n(Cc3ccccc3C#N)c(N3CCCC(N)C3)nc12. The third-order valence-electron chi connectivity index (χ3n) is 7.18. The zero-order valence-electron chi connectivity index (χ0n) is 22.6. The van der Waals surface area contributed by atoms with Crippen molar-refractivity contribution in [2.75, 3.05) is 25.1 Å². The molecule has 2 aromatic carbocycles. The predicted octanol–water partition coefficient (Wildman–Crippen LogP) is 2.82. The van der Waals surface area contributed by atoms with E-state index >= 15 is 0 Å². The van der Waals surface area contributed by atoms with E-state index in [0.717, 1.165) is 29.7 Å². The Labute approximate surface area is 241 Å². The van der Waals surface area contributed by atoms with E-state index in [4.69, 9.17) is 15.5 Å². The van der Waals surface area contributed by atoms with E-state index in [-0.39, 0.29) is 35.6 Å². The summed E-state index contributed by atoms with van der Waals surface area (Å²) >= 11 is 1.12. The molecule has 0 spiro atoms. The molecule has 5 rings (SSSR count). The Morgan fingerprint density at radius 1 is 1.22 bits per heavy atom. The highest BCUT2D eigenvalue weighted by molar-refractivity contribution is 7.17. The summed E-state index contributed by atoms with van der Waals surface area (Å²) in [6.07, 6.45) is 1.95. The number of benzene rings is 2. The van der Waals surface area contributed by atoms with Crippen LogP contribution in [0.5, 0.6) is 0 Å². The van der Waals surface area contributed by atoms with Crippen molar-refractivity contribution in [1.29, 1.82) is 5.26 Å². The van der Waals surface area contributed by atoms with Crippen LogP contribution < -0.4 is 21.5 Å². The molecule has 1 amide bonds. The Kier molecular flexibility index (Phi) is 8.42. The van der Waals surface area contributed by atoms with Gasteiger partial charge in [-0.25, -0.2) is 9.78 Å². The topological polar surface area (TPSA) is 143 Å². The van der Waals surface area contributed by atoms with Crippen molar-refractivity contribution in [3.05, 3.63) is 92.6 Å². The lowest BCUT2D eigenvalue weighted by molar-refractivity contribution is -0.142. The molecule has 1 aliphatic heterocycles. The number of rotatable bonds is 8. The van der Waals surface area contributed by atoms with Crippen LogP contribution in [0.4, 0.5) is 5.95 Å². The van der Waals surface area contributed by atoms with Gasteiger partial charge in [-0.15, -0.1) is 11.3 Å². The van der Waals surface area contributed by atoms with Crippen molar-refractivity contribution in [3.63, 3.8) is 0 Å². The van der Waals surface area contributed by atoms with Gasteiger partial charge in [-0.05, 0) is 30.0 Å². The molecule has 2 aromatic heterocycles. The molecular formula is C30H30N6O4S. The van der Waals surface area contributed by atoms with Gasteiger partial charge >= 0.3 is 5.97 Å². The molecule has 1 saturated heterocycles. The number of carbonyl (C=O) groups excluding carboxylic acids is 2. The standard InChI is InChI=1S/C30H30N6O4S/c1-40-29(39)24(14-19-8-3-2-4-9-19)33-27(37)23-18-41-26-25(23)34-30(35-13-7-12-22(32)17-35)36(28(26)38)16-21-11-6-5-10-20(21)15-31/h2-6,8-11,18,22,24H,7,12-14,16-17,32H2,1H3,(H,33,37). The molecule has 0 radical (unpaired) electrons. The second-order valence-electron chi connectivity index (χ2n) is 9.99. The summed E-state index contributed by atoms with van der Waals surface area (Å²) in [5.74, 6) is -0.703. The Morgan fingerprint density at radius 3 is 2.71 bits per heavy atom. The molecule has 210 valence electrons. The molecule has 0 bridgehead atoms. The molecule has 2 atom stereocenters. The van der Waals surface area contributed by atoms with Crippen molar-refractivity contribution in [2.24, 2.45) is 5.73 Å². The second kappa shape index (κ2) is 12.3. The van der Waals surface area contributed by atoms with Crippen molar-refractivity contribution >= 4 is 39.4 Å². The van der Waals surface area contributed by atoms with Gasteiger partial charge in [0.15, 0.2) is 0 Å². The van der Waals surface area contributed by atoms with Crippen molar-refractivity contribution in [3.8, 4) is 6.07 Å². The largest absolute Gasteiger partial charge is 0.467 e. The van der Waals surface area contributed by atoms with E-state index in [1.54, 1.807) is 22.1 Å². The number of nitriles is 1. The highest BCUT2D eigenvalue weighted by Crippen LogP contribution is 2.27. The van der Waals surface area contributed by atoms with Crippen molar-refractivity contribution < 1.29 is 14.3 Å². The van der Waals surface area contributed by atoms with Crippen LogP contribution >= 0.6 is 11.3 Å². The Bertz CT molecular complexity index is 1680. The van der Waals surface area contributed by atoms with Gasteiger partial charge in [0.2, 0.25) is 5.95 Å². The van der Waals surface area contributed by atoms with Crippen LogP contribution in [0, 0.1) is 11.3 Å². The number of amides is 1. The third-order valence-corrected chi connectivity index (χ3v) is 8.14. The average molecular weight is 571 g/mol. The van der Waals surface area contributed by atoms with Crippen LogP contribution in [0.1, 0.15) is 39.9 Å². The Morgan fingerprint density at radius 2 is 1.98 bits per heavy atom. The Balaban J connectivity index is 1.55. The number of hydrogen-bond donors (Lipinski definition) is 2. The van der Waals surface area contributed by atoms with E-state index in [2.05, 4.69) is 11.4 Å². The van der Waals surface area contributed by atoms with Gasteiger partial charge in [0.05, 0.1) is 30.9 Å². The summed E-state index contributed by atoms with van der Waals surface area (Å²) < 4.78 is 6.82. The molecule has 1 fully saturated rings. The number of thiophene rings is 1. The lowest BCUT2D eigenvalue weighted by atomic mass is 10.1. The molecule has 10 nitrogen and oxygen atoms in total. The van der Waals surface area contributed by atoms with Crippen LogP contribution in [0.15, 0.2) is 64.8 Å². The number of hydrogen-bond acceptors (Lipinski definition) is 9. The van der Waals surface area contributed by atoms with Gasteiger partial charge in [0.1, 0.15) is 16.3 Å². The number of nitrogens with one attached hydrogen (secondary N) is 1. The zero-order chi connectivity index (χ0) is 28.9. The minimum Gasteiger partial charge on any atom is -0.467 e. The third kappa shape index (κ3) is 5.99. The highest BCUT2D eigenvalue weighted by Gasteiger charge is 2.28. The average Bonchev–Trinajstić information content (AvgIpc) is 3.43. The number of esters is 1. The molecule has 11 heteroatoms. The molecule has 1 aliphatic rings. The van der Waals surface area contributed by atoms with Gasteiger partial charge in [-0.1, -0.05) is 48.5 Å². The van der Waals surface area contributed by atoms with Crippen molar-refractivity contribution in [2.45, 2.75) is 37.9 Å². The second-order valence-corrected chi connectivity index (χ2v) is 10.9. The summed E-state index contributed by atoms with van der Waals surface area (Å²) in [4.78, 5) is 46.8. The number of methoxy groups -OCH3 is 1. The van der Waals surface area contributed by atoms with Crippen LogP contribution in [-0.2, 0) is 22.5 Å². The smallest absolute Gasteiger partial charge is 0.328 e. The molecular weight excluding hydrogens is 540 g/mol. The highest BCUT2D eigenvalue weighted by atomic mass is 32.1. The fourth-order valence-corrected chi connectivity index (χ4v) is 6.02. The van der Waals surface area contributed by atoms with Gasteiger partial charge in [-0.3, -0.25) is 14.2 Å². The minimum absolute atomic E-state index is 0.0831. The normalized spacial score (nSPS) is 15.7. The fraction of sp³-hybridized carbons (Fsp3) is 0.300. The first-order valence-corrected chi connectivity index (χ1v) is 14.2. The molecule has 3 N–H and O–H groups in total. The Hall–Kier alpha value is -4.53. The van der Waals surface area contributed by atoms with E-state index in [1.165, 1.54) is 7.11 Å². The maximum atomic E-state index is 13.9. The first-order chi connectivity index (χ1) is 19.9. The summed E-state index contributed by atoms with van der Waals surface area (Å²) in [7, 11) is 1.27. The zero-order valence-corrected chi connectivity index (χ0v) is 23.4. The number of aromatic nitrogens is 2. The number of ether oxygens (including phenoxy) is 1.